The van der Waals surface area contributed by atoms with Crippen molar-refractivity contribution in [2.45, 2.75) is 26.7 Å². The molecule has 6 nitrogen and oxygen atoms in total. The van der Waals surface area contributed by atoms with Gasteiger partial charge in [0.15, 0.2) is 0 Å². The number of carbonyl (C=O) groups excluding carboxylic acids is 1. The first-order valence-corrected chi connectivity index (χ1v) is 9.67. The van der Waals surface area contributed by atoms with Crippen LogP contribution in [0.3, 0.4) is 0 Å². The van der Waals surface area contributed by atoms with Crippen molar-refractivity contribution in [1.29, 1.82) is 0 Å². The Kier molecular flexibility index (Phi) is 6.08. The Morgan fingerprint density at radius 3 is 2.76 bits per heavy atom. The van der Waals surface area contributed by atoms with Crippen molar-refractivity contribution in [1.82, 2.24) is 14.3 Å². The predicted octanol–water partition coefficient (Wildman–Crippen LogP) is 3.36. The highest BCUT2D eigenvalue weighted by Gasteiger charge is 2.28. The lowest BCUT2D eigenvalue weighted by Gasteiger charge is -2.29. The minimum absolute atomic E-state index is 0.194. The van der Waals surface area contributed by atoms with Gasteiger partial charge in [0, 0.05) is 18.2 Å². The molecule has 0 N–H and O–H groups in total. The molecule has 0 aromatic carbocycles. The van der Waals surface area contributed by atoms with Crippen LogP contribution in [0.25, 0.3) is 11.7 Å². The van der Waals surface area contributed by atoms with E-state index in [2.05, 4.69) is 11.6 Å². The third kappa shape index (κ3) is 4.19. The Hall–Kier alpha value is -3.06. The monoisotopic (exact) mass is 409 g/mol. The summed E-state index contributed by atoms with van der Waals surface area (Å²) in [5.74, 6) is 0.359. The average Bonchev–Trinajstić information content (AvgIpc) is 2.69. The maximum Gasteiger partial charge on any atom is 0.265 e. The molecular weight excluding hydrogens is 386 g/mol. The number of ether oxygens (including phenoxy) is 1. The van der Waals surface area contributed by atoms with Crippen molar-refractivity contribution in [3.05, 3.63) is 75.6 Å². The molecule has 1 saturated heterocycles. The normalized spacial score (nSPS) is 16.6. The summed E-state index contributed by atoms with van der Waals surface area (Å²) in [6.07, 6.45) is 7.73. The van der Waals surface area contributed by atoms with E-state index < -0.39 is 0 Å². The largest absolute Gasteiger partial charge is 0.499 e. The first-order chi connectivity index (χ1) is 13.8. The first kappa shape index (κ1) is 20.7. The van der Waals surface area contributed by atoms with E-state index in [0.717, 1.165) is 5.56 Å². The molecule has 3 heterocycles. The van der Waals surface area contributed by atoms with E-state index in [4.69, 9.17) is 17.0 Å². The number of fused-ring (bicyclic) bond motifs is 1. The second-order valence-corrected chi connectivity index (χ2v) is 7.35. The second kappa shape index (κ2) is 8.53. The maximum absolute atomic E-state index is 13.1. The van der Waals surface area contributed by atoms with Crippen LogP contribution in [0.15, 0.2) is 53.2 Å². The van der Waals surface area contributed by atoms with Crippen LogP contribution < -0.4 is 5.56 Å². The van der Waals surface area contributed by atoms with Crippen molar-refractivity contribution < 1.29 is 9.53 Å². The zero-order valence-electron chi connectivity index (χ0n) is 16.8. The molecule has 1 aliphatic rings. The molecule has 0 bridgehead atoms. The van der Waals surface area contributed by atoms with Crippen molar-refractivity contribution >= 4 is 34.8 Å². The number of piperidine rings is 1. The minimum Gasteiger partial charge on any atom is -0.499 e. The van der Waals surface area contributed by atoms with Gasteiger partial charge in [0.25, 0.3) is 11.5 Å². The molecule has 1 amide bonds. The fraction of sp³-hybridized carbons (Fsp3) is 0.273. The van der Waals surface area contributed by atoms with Gasteiger partial charge in [0.1, 0.15) is 11.4 Å². The fourth-order valence-corrected chi connectivity index (χ4v) is 3.50. The van der Waals surface area contributed by atoms with E-state index in [9.17, 15) is 9.59 Å². The van der Waals surface area contributed by atoms with Gasteiger partial charge in [-0.1, -0.05) is 30.9 Å². The van der Waals surface area contributed by atoms with Crippen LogP contribution in [0.2, 0.25) is 0 Å². The summed E-state index contributed by atoms with van der Waals surface area (Å²) in [6.45, 7) is 7.57. The first-order valence-electron chi connectivity index (χ1n) is 9.26. The summed E-state index contributed by atoms with van der Waals surface area (Å²) in [5, 5.41) is 0. The van der Waals surface area contributed by atoms with Crippen LogP contribution in [-0.2, 0) is 9.53 Å². The SMILES string of the molecule is C=C/C=C(/CN1C(=O)/C(=C/c2c(C)nc3ccc(C)cn3c2=O)CCC1=S)OC. The molecule has 7 heteroatoms. The van der Waals surface area contributed by atoms with Crippen LogP contribution in [0.1, 0.15) is 29.7 Å². The third-order valence-corrected chi connectivity index (χ3v) is 5.25. The predicted molar refractivity (Wildman–Crippen MR) is 118 cm³/mol. The van der Waals surface area contributed by atoms with Crippen LogP contribution in [0.5, 0.6) is 0 Å². The van der Waals surface area contributed by atoms with Gasteiger partial charge in [-0.2, -0.15) is 0 Å². The maximum atomic E-state index is 13.1. The van der Waals surface area contributed by atoms with Crippen LogP contribution in [-0.4, -0.2) is 38.8 Å². The quantitative estimate of drug-likeness (QED) is 0.328. The molecule has 0 unspecified atom stereocenters. The molecule has 0 aliphatic carbocycles. The van der Waals surface area contributed by atoms with Gasteiger partial charge in [-0.05, 0) is 44.1 Å². The number of hydrogen-bond donors (Lipinski definition) is 0. The third-order valence-electron chi connectivity index (χ3n) is 4.82. The van der Waals surface area contributed by atoms with Crippen LogP contribution in [0, 0.1) is 13.8 Å². The van der Waals surface area contributed by atoms with Gasteiger partial charge < -0.3 is 4.74 Å². The van der Waals surface area contributed by atoms with Gasteiger partial charge in [-0.25, -0.2) is 4.98 Å². The minimum atomic E-state index is -0.221. The van der Waals surface area contributed by atoms with Gasteiger partial charge in [-0.3, -0.25) is 18.9 Å². The van der Waals surface area contributed by atoms with E-state index in [1.54, 1.807) is 31.3 Å². The summed E-state index contributed by atoms with van der Waals surface area (Å²) in [7, 11) is 1.54. The number of likely N-dealkylation sites (tertiary alicyclic amines) is 1. The van der Waals surface area contributed by atoms with E-state index in [-0.39, 0.29) is 18.0 Å². The van der Waals surface area contributed by atoms with Crippen molar-refractivity contribution in [3.63, 3.8) is 0 Å². The molecule has 1 aliphatic heterocycles. The number of hydrogen-bond acceptors (Lipinski definition) is 5. The zero-order valence-corrected chi connectivity index (χ0v) is 17.6. The number of aryl methyl sites for hydroxylation is 2. The number of pyridine rings is 1. The summed E-state index contributed by atoms with van der Waals surface area (Å²) >= 11 is 5.39. The number of allylic oxidation sites excluding steroid dienone is 2. The van der Waals surface area contributed by atoms with Crippen LogP contribution in [0.4, 0.5) is 0 Å². The number of aromatic nitrogens is 2. The Morgan fingerprint density at radius 2 is 2.07 bits per heavy atom. The van der Waals surface area contributed by atoms with Gasteiger partial charge in [-0.15, -0.1) is 0 Å². The standard InChI is InChI=1S/C22H23N3O3S/c1-5-6-17(28-4)13-25-20(29)10-8-16(21(25)26)11-18-15(3)23-19-9-7-14(2)12-24(19)22(18)27/h5-7,9,11-12H,1,8,10,13H2,2-4H3/b16-11+,17-6-. The highest BCUT2D eigenvalue weighted by atomic mass is 32.1. The van der Waals surface area contributed by atoms with Gasteiger partial charge in [0.05, 0.1) is 29.9 Å². The van der Waals surface area contributed by atoms with Crippen molar-refractivity contribution in [2.24, 2.45) is 0 Å². The smallest absolute Gasteiger partial charge is 0.265 e. The molecular formula is C22H23N3O3S. The molecule has 3 rings (SSSR count). The molecule has 150 valence electrons. The number of thiocarbonyl (C=S) groups is 1. The summed E-state index contributed by atoms with van der Waals surface area (Å²) in [6, 6.07) is 3.72. The molecule has 0 atom stereocenters. The topological polar surface area (TPSA) is 63.9 Å². The average molecular weight is 410 g/mol. The van der Waals surface area contributed by atoms with E-state index in [0.29, 0.717) is 46.1 Å². The van der Waals surface area contributed by atoms with E-state index >= 15 is 0 Å². The Bertz CT molecular complexity index is 1130. The number of nitrogens with zero attached hydrogens (tertiary/aromatic N) is 3. The highest BCUT2D eigenvalue weighted by Crippen LogP contribution is 2.23. The lowest BCUT2D eigenvalue weighted by atomic mass is 10.0. The molecule has 0 spiro atoms. The molecule has 29 heavy (non-hydrogen) atoms. The number of rotatable bonds is 5. The number of carbonyl (C=O) groups is 1. The van der Waals surface area contributed by atoms with Crippen molar-refractivity contribution in [3.8, 4) is 0 Å². The lowest BCUT2D eigenvalue weighted by molar-refractivity contribution is -0.124. The summed E-state index contributed by atoms with van der Waals surface area (Å²) < 4.78 is 6.81. The van der Waals surface area contributed by atoms with E-state index in [1.165, 1.54) is 16.4 Å². The Morgan fingerprint density at radius 1 is 1.31 bits per heavy atom. The molecule has 0 saturated carbocycles. The van der Waals surface area contributed by atoms with E-state index in [1.807, 2.05) is 19.1 Å². The Balaban J connectivity index is 2.03. The number of amides is 1. The fourth-order valence-electron chi connectivity index (χ4n) is 3.25. The zero-order chi connectivity index (χ0) is 21.1. The Labute approximate surface area is 174 Å². The summed E-state index contributed by atoms with van der Waals surface area (Å²) in [4.78, 5) is 32.7. The molecule has 1 fully saturated rings. The molecule has 2 aromatic heterocycles. The second-order valence-electron chi connectivity index (χ2n) is 6.88. The highest BCUT2D eigenvalue weighted by molar-refractivity contribution is 7.80. The van der Waals surface area contributed by atoms with Gasteiger partial charge >= 0.3 is 0 Å². The van der Waals surface area contributed by atoms with Crippen molar-refractivity contribution in [2.75, 3.05) is 13.7 Å². The lowest BCUT2D eigenvalue weighted by Crippen LogP contribution is -2.41. The molecule has 0 radical (unpaired) electrons. The summed E-state index contributed by atoms with van der Waals surface area (Å²) in [5.41, 5.74) is 2.87. The van der Waals surface area contributed by atoms with Gasteiger partial charge in [0.2, 0.25) is 0 Å². The number of methoxy groups -OCH3 is 1. The van der Waals surface area contributed by atoms with Crippen LogP contribution >= 0.6 is 12.2 Å². The molecule has 2 aromatic rings.